The number of carbonyl (C=O) groups is 2. The van der Waals surface area contributed by atoms with Crippen LogP contribution in [0.1, 0.15) is 60.0 Å². The maximum Gasteiger partial charge on any atom is 0.286 e. The number of hydrogen-bond donors (Lipinski definition) is 1. The summed E-state index contributed by atoms with van der Waals surface area (Å²) in [6.07, 6.45) is 9.96. The summed E-state index contributed by atoms with van der Waals surface area (Å²) in [6.45, 7) is 1.50. The highest BCUT2D eigenvalue weighted by Crippen LogP contribution is 2.42. The third-order valence-corrected chi connectivity index (χ3v) is 11.6. The number of amides is 2. The second-order valence-corrected chi connectivity index (χ2v) is 15.4. The van der Waals surface area contributed by atoms with Gasteiger partial charge in [0, 0.05) is 30.8 Å². The number of anilines is 1. The third-order valence-electron chi connectivity index (χ3n) is 9.53. The van der Waals surface area contributed by atoms with Gasteiger partial charge in [0.05, 0.1) is 24.2 Å². The molecule has 2 aliphatic heterocycles. The molecule has 0 radical (unpaired) electrons. The highest BCUT2D eigenvalue weighted by atomic mass is 35.5. The first-order valence-electron chi connectivity index (χ1n) is 17.1. The average Bonchev–Trinajstić information content (AvgIpc) is 3.11. The number of para-hydroxylation sites is 1. The van der Waals surface area contributed by atoms with Gasteiger partial charge in [0.25, 0.3) is 11.8 Å². The lowest BCUT2D eigenvalue weighted by Gasteiger charge is -2.43. The fourth-order valence-corrected chi connectivity index (χ4v) is 8.57. The van der Waals surface area contributed by atoms with Gasteiger partial charge in [0.2, 0.25) is 0 Å². The fraction of sp³-hybridized carbons (Fsp3) is 0.421. The number of carbonyl (C=O) groups excluding carboxylic acids is 2. The van der Waals surface area contributed by atoms with E-state index in [0.29, 0.717) is 54.4 Å². The van der Waals surface area contributed by atoms with Crippen molar-refractivity contribution in [1.29, 1.82) is 0 Å². The number of fused-ring (bicyclic) bond motifs is 3. The number of allylic oxidation sites excluding steroid dienone is 1. The molecule has 2 amide bonds. The molecule has 0 spiro atoms. The zero-order valence-corrected chi connectivity index (χ0v) is 29.4. The van der Waals surface area contributed by atoms with Crippen molar-refractivity contribution in [2.24, 2.45) is 16.2 Å². The third kappa shape index (κ3) is 9.04. The van der Waals surface area contributed by atoms with Gasteiger partial charge in [-0.1, -0.05) is 48.0 Å². The van der Waals surface area contributed by atoms with Crippen LogP contribution in [-0.2, 0) is 32.4 Å². The molecule has 3 aliphatic rings. The molecule has 1 fully saturated rings. The highest BCUT2D eigenvalue weighted by molar-refractivity contribution is 7.92. The number of halogens is 1. The van der Waals surface area contributed by atoms with Gasteiger partial charge in [0.1, 0.15) is 21.4 Å². The first-order valence-corrected chi connectivity index (χ1v) is 19.1. The van der Waals surface area contributed by atoms with E-state index in [9.17, 15) is 13.8 Å². The predicted molar refractivity (Wildman–Crippen MR) is 193 cm³/mol. The molecule has 0 saturated heterocycles. The van der Waals surface area contributed by atoms with Crippen LogP contribution in [0.3, 0.4) is 0 Å². The van der Waals surface area contributed by atoms with Gasteiger partial charge in [0.15, 0.2) is 6.61 Å². The summed E-state index contributed by atoms with van der Waals surface area (Å²) < 4.78 is 38.8. The van der Waals surface area contributed by atoms with E-state index in [0.717, 1.165) is 44.3 Å². The van der Waals surface area contributed by atoms with Crippen LogP contribution in [0.15, 0.2) is 83.2 Å². The predicted octanol–water partition coefficient (Wildman–Crippen LogP) is 7.17. The Hall–Kier alpha value is -3.86. The molecule has 2 bridgehead atoms. The fourth-order valence-electron chi connectivity index (χ4n) is 6.79. The summed E-state index contributed by atoms with van der Waals surface area (Å²) >= 11 is 6.45. The second kappa shape index (κ2) is 16.2. The van der Waals surface area contributed by atoms with Crippen molar-refractivity contribution in [2.45, 2.75) is 57.6 Å². The summed E-state index contributed by atoms with van der Waals surface area (Å²) in [5, 5.41) is 0.712. The Morgan fingerprint density at radius 1 is 1.06 bits per heavy atom. The number of nitrogens with one attached hydrogen (secondary N) is 1. The Bertz CT molecular complexity index is 1790. The molecule has 4 atom stereocenters. The van der Waals surface area contributed by atoms with Gasteiger partial charge >= 0.3 is 0 Å². The van der Waals surface area contributed by atoms with Crippen LogP contribution in [0.25, 0.3) is 0 Å². The van der Waals surface area contributed by atoms with Crippen LogP contribution in [0.5, 0.6) is 11.5 Å². The van der Waals surface area contributed by atoms with E-state index >= 15 is 0 Å². The molecule has 6 rings (SSSR count). The van der Waals surface area contributed by atoms with Crippen molar-refractivity contribution in [1.82, 2.24) is 4.72 Å². The highest BCUT2D eigenvalue weighted by Gasteiger charge is 2.38. The zero-order valence-electron chi connectivity index (χ0n) is 27.9. The molecular formula is C38H44ClN3O6S. The van der Waals surface area contributed by atoms with Gasteiger partial charge in [-0.3, -0.25) is 14.3 Å². The molecular weight excluding hydrogens is 662 g/mol. The summed E-state index contributed by atoms with van der Waals surface area (Å²) in [6, 6.07) is 20.2. The first kappa shape index (κ1) is 35.0. The quantitative estimate of drug-likeness (QED) is 0.281. The van der Waals surface area contributed by atoms with E-state index in [-0.39, 0.29) is 24.0 Å². The molecule has 1 aliphatic carbocycles. The second-order valence-electron chi connectivity index (χ2n) is 12.9. The number of nitrogens with zero attached hydrogens (tertiary/aromatic N) is 2. The molecule has 1 N–H and O–H groups in total. The zero-order chi connectivity index (χ0) is 34.2. The SMILES string of the molecule is CO[C@H]1/C=C/CCC[S@@](=O)(NC(=O)COc2ccccc2)=NC(=O)c2ccc3c(c2)N(Cc2ccc(Cl)cc2CCCCO3)C[C@@H]2CC[C@H]21. The molecule has 0 unspecified atom stereocenters. The molecule has 1 saturated carbocycles. The van der Waals surface area contributed by atoms with Crippen LogP contribution >= 0.6 is 11.6 Å². The van der Waals surface area contributed by atoms with E-state index in [1.54, 1.807) is 43.5 Å². The van der Waals surface area contributed by atoms with Crippen molar-refractivity contribution in [3.05, 3.63) is 101 Å². The molecule has 0 aromatic heterocycles. The molecule has 260 valence electrons. The number of benzene rings is 3. The Kier molecular flexibility index (Phi) is 11.6. The minimum Gasteiger partial charge on any atom is -0.491 e. The minimum atomic E-state index is -3.48. The minimum absolute atomic E-state index is 0.00335. The van der Waals surface area contributed by atoms with Gasteiger partial charge in [-0.15, -0.1) is 4.36 Å². The average molecular weight is 706 g/mol. The smallest absolute Gasteiger partial charge is 0.286 e. The Balaban J connectivity index is 1.38. The summed E-state index contributed by atoms with van der Waals surface area (Å²) in [4.78, 5) is 29.1. The van der Waals surface area contributed by atoms with Crippen molar-refractivity contribution >= 4 is 39.0 Å². The lowest BCUT2D eigenvalue weighted by atomic mass is 9.70. The van der Waals surface area contributed by atoms with E-state index in [4.69, 9.17) is 25.8 Å². The number of hydrogen-bond acceptors (Lipinski definition) is 7. The summed E-state index contributed by atoms with van der Waals surface area (Å²) in [5.74, 6) is 0.602. The van der Waals surface area contributed by atoms with E-state index in [1.807, 2.05) is 24.3 Å². The van der Waals surface area contributed by atoms with Crippen LogP contribution in [-0.4, -0.2) is 54.7 Å². The molecule has 2 heterocycles. The van der Waals surface area contributed by atoms with Crippen molar-refractivity contribution in [2.75, 3.05) is 37.5 Å². The Labute approximate surface area is 294 Å². The molecule has 9 nitrogen and oxygen atoms in total. The van der Waals surface area contributed by atoms with Crippen molar-refractivity contribution < 1.29 is 28.0 Å². The number of aryl methyl sites for hydroxylation is 1. The Morgan fingerprint density at radius 3 is 2.71 bits per heavy atom. The molecule has 49 heavy (non-hydrogen) atoms. The van der Waals surface area contributed by atoms with Crippen LogP contribution in [0.2, 0.25) is 5.02 Å². The number of ether oxygens (including phenoxy) is 3. The van der Waals surface area contributed by atoms with Gasteiger partial charge in [-0.05, 0) is 110 Å². The van der Waals surface area contributed by atoms with Crippen LogP contribution in [0.4, 0.5) is 5.69 Å². The van der Waals surface area contributed by atoms with Gasteiger partial charge in [-0.25, -0.2) is 4.21 Å². The van der Waals surface area contributed by atoms with E-state index < -0.39 is 21.7 Å². The number of methoxy groups -OCH3 is 1. The molecule has 3 aromatic rings. The van der Waals surface area contributed by atoms with Crippen molar-refractivity contribution in [3.8, 4) is 11.5 Å². The largest absolute Gasteiger partial charge is 0.491 e. The maximum atomic E-state index is 14.2. The van der Waals surface area contributed by atoms with Gasteiger partial charge < -0.3 is 19.1 Å². The lowest BCUT2D eigenvalue weighted by Crippen LogP contribution is -2.43. The van der Waals surface area contributed by atoms with E-state index in [2.05, 4.69) is 32.2 Å². The normalized spacial score (nSPS) is 25.1. The molecule has 3 aromatic carbocycles. The summed E-state index contributed by atoms with van der Waals surface area (Å²) in [7, 11) is -1.73. The topological polar surface area (TPSA) is 107 Å². The Morgan fingerprint density at radius 2 is 1.92 bits per heavy atom. The molecule has 11 heteroatoms. The monoisotopic (exact) mass is 705 g/mol. The van der Waals surface area contributed by atoms with Gasteiger partial charge in [-0.2, -0.15) is 0 Å². The van der Waals surface area contributed by atoms with E-state index in [1.165, 1.54) is 11.1 Å². The van der Waals surface area contributed by atoms with Crippen LogP contribution in [0, 0.1) is 11.8 Å². The standard InChI is InChI=1S/C38H44ClN3O6S/c1-46-35-13-6-3-9-21-49(45,40-37(43)26-48-32-11-4-2-5-12-32)41-38(44)28-16-19-36-34(23-28)42(25-30-15-18-33(30)35)24-29-14-17-31(39)22-27(29)10-7-8-20-47-36/h2,4-6,11-14,16-17,19,22-23,30,33,35H,3,7-10,15,18,20-21,24-26H2,1H3,(H,40,41,43,44,45)/b13-6+/t30-,33+,35-,49+/m0/s1. The van der Waals surface area contributed by atoms with Crippen LogP contribution < -0.4 is 19.1 Å². The maximum absolute atomic E-state index is 14.2. The first-order chi connectivity index (χ1) is 23.8. The number of rotatable bonds is 5. The lowest BCUT2D eigenvalue weighted by molar-refractivity contribution is -0.121. The summed E-state index contributed by atoms with van der Waals surface area (Å²) in [5.41, 5.74) is 3.43. The van der Waals surface area contributed by atoms with Crippen molar-refractivity contribution in [3.63, 3.8) is 0 Å².